The lowest BCUT2D eigenvalue weighted by molar-refractivity contribution is -0.126. The van der Waals surface area contributed by atoms with E-state index in [1.54, 1.807) is 23.2 Å². The molecule has 0 bridgehead atoms. The van der Waals surface area contributed by atoms with Crippen LogP contribution in [0.4, 0.5) is 14.6 Å². The van der Waals surface area contributed by atoms with Crippen LogP contribution in [0.2, 0.25) is 0 Å². The first-order chi connectivity index (χ1) is 21.4. The highest BCUT2D eigenvalue weighted by atomic mass is 19.1. The van der Waals surface area contributed by atoms with Crippen LogP contribution in [0.25, 0.3) is 28.0 Å². The molecule has 0 spiro atoms. The number of rotatable bonds is 7. The van der Waals surface area contributed by atoms with E-state index < -0.39 is 17.3 Å². The van der Waals surface area contributed by atoms with Gasteiger partial charge in [0.1, 0.15) is 23.1 Å². The van der Waals surface area contributed by atoms with Crippen molar-refractivity contribution in [3.63, 3.8) is 0 Å². The lowest BCUT2D eigenvalue weighted by Gasteiger charge is -2.40. The van der Waals surface area contributed by atoms with Gasteiger partial charge in [0.25, 0.3) is 0 Å². The smallest absolute Gasteiger partial charge is 0.352 e. The SMILES string of the molecule is C=CC(=O)N1CCN(c2nc(=O)n(-c3c(C)ccnc3C(C)C)c3nc(-c4c(F)cccc4CNC(C)=O)c(F)cc23)[C@@H](C)C1. The van der Waals surface area contributed by atoms with Gasteiger partial charge in [0.15, 0.2) is 5.65 Å². The van der Waals surface area contributed by atoms with Crippen molar-refractivity contribution < 1.29 is 18.4 Å². The predicted octanol–water partition coefficient (Wildman–Crippen LogP) is 4.41. The van der Waals surface area contributed by atoms with Gasteiger partial charge in [-0.3, -0.25) is 14.6 Å². The first-order valence-electron chi connectivity index (χ1n) is 14.7. The molecule has 0 aliphatic carbocycles. The van der Waals surface area contributed by atoms with E-state index in [1.165, 1.54) is 35.8 Å². The number of fused-ring (bicyclic) bond motifs is 1. The quantitative estimate of drug-likeness (QED) is 0.307. The van der Waals surface area contributed by atoms with Gasteiger partial charge in [-0.25, -0.2) is 23.1 Å². The fraction of sp³-hybridized carbons (Fsp3) is 0.333. The number of nitrogens with one attached hydrogen (secondary N) is 1. The monoisotopic (exact) mass is 615 g/mol. The van der Waals surface area contributed by atoms with Crippen LogP contribution < -0.4 is 15.9 Å². The van der Waals surface area contributed by atoms with Crippen molar-refractivity contribution in [3.05, 3.63) is 88.1 Å². The largest absolute Gasteiger partial charge is 0.355 e. The number of aromatic nitrogens is 4. The molecule has 1 aromatic carbocycles. The molecule has 45 heavy (non-hydrogen) atoms. The predicted molar refractivity (Wildman–Crippen MR) is 168 cm³/mol. The molecule has 1 aliphatic heterocycles. The normalized spacial score (nSPS) is 15.1. The minimum atomic E-state index is -0.829. The summed E-state index contributed by atoms with van der Waals surface area (Å²) in [6, 6.07) is 6.95. The van der Waals surface area contributed by atoms with Crippen LogP contribution in [-0.2, 0) is 16.1 Å². The van der Waals surface area contributed by atoms with E-state index in [0.29, 0.717) is 36.6 Å². The van der Waals surface area contributed by atoms with Crippen LogP contribution in [0, 0.1) is 18.6 Å². The third kappa shape index (κ3) is 5.92. The van der Waals surface area contributed by atoms with E-state index in [2.05, 4.69) is 26.8 Å². The third-order valence-corrected chi connectivity index (χ3v) is 7.98. The van der Waals surface area contributed by atoms with E-state index in [0.717, 1.165) is 5.56 Å². The maximum absolute atomic E-state index is 16.2. The summed E-state index contributed by atoms with van der Waals surface area (Å²) in [5, 5.41) is 2.87. The van der Waals surface area contributed by atoms with Gasteiger partial charge in [0.05, 0.1) is 16.8 Å². The van der Waals surface area contributed by atoms with Crippen molar-refractivity contribution >= 4 is 28.7 Å². The molecule has 1 N–H and O–H groups in total. The van der Waals surface area contributed by atoms with Gasteiger partial charge in [-0.15, -0.1) is 0 Å². The summed E-state index contributed by atoms with van der Waals surface area (Å²) >= 11 is 0. The average Bonchev–Trinajstić information content (AvgIpc) is 2.99. The van der Waals surface area contributed by atoms with E-state index in [9.17, 15) is 14.4 Å². The van der Waals surface area contributed by atoms with Crippen LogP contribution >= 0.6 is 0 Å². The molecule has 4 aromatic rings. The van der Waals surface area contributed by atoms with Crippen LogP contribution in [-0.4, -0.2) is 61.9 Å². The molecule has 3 aromatic heterocycles. The van der Waals surface area contributed by atoms with Gasteiger partial charge in [0, 0.05) is 50.9 Å². The Morgan fingerprint density at radius 3 is 2.58 bits per heavy atom. The molecule has 0 unspecified atom stereocenters. The molecule has 10 nitrogen and oxygen atoms in total. The van der Waals surface area contributed by atoms with Gasteiger partial charge in [-0.1, -0.05) is 32.6 Å². The summed E-state index contributed by atoms with van der Waals surface area (Å²) in [4.78, 5) is 55.2. The molecule has 234 valence electrons. The zero-order valence-corrected chi connectivity index (χ0v) is 25.9. The maximum Gasteiger partial charge on any atom is 0.355 e. The zero-order valence-electron chi connectivity index (χ0n) is 25.9. The van der Waals surface area contributed by atoms with Gasteiger partial charge < -0.3 is 15.1 Å². The number of halogens is 2. The van der Waals surface area contributed by atoms with E-state index in [-0.39, 0.29) is 58.4 Å². The third-order valence-electron chi connectivity index (χ3n) is 7.98. The number of pyridine rings is 2. The van der Waals surface area contributed by atoms with Crippen molar-refractivity contribution in [2.75, 3.05) is 24.5 Å². The van der Waals surface area contributed by atoms with Crippen LogP contribution in [0.3, 0.4) is 0 Å². The highest BCUT2D eigenvalue weighted by molar-refractivity contribution is 5.91. The van der Waals surface area contributed by atoms with Crippen LogP contribution in [0.5, 0.6) is 0 Å². The van der Waals surface area contributed by atoms with Gasteiger partial charge in [-0.2, -0.15) is 4.98 Å². The van der Waals surface area contributed by atoms with Gasteiger partial charge in [-0.05, 0) is 55.2 Å². The van der Waals surface area contributed by atoms with Gasteiger partial charge in [0.2, 0.25) is 11.8 Å². The lowest BCUT2D eigenvalue weighted by atomic mass is 10.0. The first-order valence-corrected chi connectivity index (χ1v) is 14.7. The van der Waals surface area contributed by atoms with Crippen molar-refractivity contribution in [1.29, 1.82) is 0 Å². The number of hydrogen-bond acceptors (Lipinski definition) is 7. The van der Waals surface area contributed by atoms with E-state index in [4.69, 9.17) is 0 Å². The van der Waals surface area contributed by atoms with Gasteiger partial charge >= 0.3 is 5.69 Å². The molecule has 1 fully saturated rings. The average molecular weight is 616 g/mol. The molecule has 1 atom stereocenters. The number of aryl methyl sites for hydroxylation is 1. The summed E-state index contributed by atoms with van der Waals surface area (Å²) in [5.74, 6) is -1.98. The molecular weight excluding hydrogens is 580 g/mol. The standard InChI is InChI=1S/C33H35F2N7O3/c1-7-26(44)40-13-14-41(20(5)17-40)31-23-15-25(35)29(27-22(16-37-21(6)43)9-8-10-24(27)34)38-32(23)42(33(45)39-31)30-19(4)11-12-36-28(30)18(2)3/h7-12,15,18,20H,1,13-14,16-17H2,2-6H3,(H,37,43)/t20-/m0/s1. The molecule has 2 amide bonds. The molecular formula is C33H35F2N7O3. The number of carbonyl (C=O) groups is 2. The Balaban J connectivity index is 1.82. The highest BCUT2D eigenvalue weighted by Crippen LogP contribution is 2.35. The molecule has 0 radical (unpaired) electrons. The molecule has 4 heterocycles. The number of amides is 2. The Bertz CT molecular complexity index is 1890. The Hall–Kier alpha value is -5.00. The second-order valence-electron chi connectivity index (χ2n) is 11.5. The molecule has 1 aliphatic rings. The maximum atomic E-state index is 16.2. The lowest BCUT2D eigenvalue weighted by Crippen LogP contribution is -2.54. The number of carbonyl (C=O) groups excluding carboxylic acids is 2. The topological polar surface area (TPSA) is 113 Å². The van der Waals surface area contributed by atoms with Crippen molar-refractivity contribution in [3.8, 4) is 16.9 Å². The Kier molecular flexibility index (Phi) is 8.76. The van der Waals surface area contributed by atoms with Crippen molar-refractivity contribution in [1.82, 2.24) is 29.7 Å². The fourth-order valence-electron chi connectivity index (χ4n) is 5.79. The van der Waals surface area contributed by atoms with E-state index >= 15 is 8.78 Å². The minimum Gasteiger partial charge on any atom is -0.352 e. The van der Waals surface area contributed by atoms with Crippen molar-refractivity contribution in [2.45, 2.75) is 53.1 Å². The summed E-state index contributed by atoms with van der Waals surface area (Å²) in [7, 11) is 0. The minimum absolute atomic E-state index is 0.0551. The van der Waals surface area contributed by atoms with Crippen molar-refractivity contribution in [2.24, 2.45) is 0 Å². The molecule has 12 heteroatoms. The Morgan fingerprint density at radius 2 is 1.91 bits per heavy atom. The molecule has 5 rings (SSSR count). The van der Waals surface area contributed by atoms with Crippen LogP contribution in [0.1, 0.15) is 50.4 Å². The van der Waals surface area contributed by atoms with E-state index in [1.807, 2.05) is 32.6 Å². The molecule has 0 saturated carbocycles. The Morgan fingerprint density at radius 1 is 1.16 bits per heavy atom. The fourth-order valence-corrected chi connectivity index (χ4v) is 5.79. The summed E-state index contributed by atoms with van der Waals surface area (Å²) < 4.78 is 33.0. The summed E-state index contributed by atoms with van der Waals surface area (Å²) in [6.07, 6.45) is 2.91. The number of anilines is 1. The molecule has 1 saturated heterocycles. The number of piperazine rings is 1. The highest BCUT2D eigenvalue weighted by Gasteiger charge is 2.31. The number of benzene rings is 1. The first kappa shape index (κ1) is 31.4. The Labute approximate surface area is 259 Å². The van der Waals surface area contributed by atoms with Crippen LogP contribution in [0.15, 0.2) is 54.0 Å². The zero-order chi connectivity index (χ0) is 32.6. The number of hydrogen-bond donors (Lipinski definition) is 1. The summed E-state index contributed by atoms with van der Waals surface area (Å²) in [5.41, 5.74) is 1.09. The second-order valence-corrected chi connectivity index (χ2v) is 11.5. The number of nitrogens with zero attached hydrogens (tertiary/aromatic N) is 6. The second kappa shape index (κ2) is 12.5. The summed E-state index contributed by atoms with van der Waals surface area (Å²) in [6.45, 7) is 13.5.